The largest absolute Gasteiger partial charge is 0.565 e. The van der Waals surface area contributed by atoms with Crippen LogP contribution in [0.2, 0.25) is 0 Å². The van der Waals surface area contributed by atoms with Crippen LogP contribution < -0.4 is 16.6 Å². The van der Waals surface area contributed by atoms with Crippen LogP contribution in [0.5, 0.6) is 0 Å². The van der Waals surface area contributed by atoms with E-state index in [4.69, 9.17) is 19.7 Å². The number of quaternary nitrogens is 1. The Balaban J connectivity index is 0. The predicted octanol–water partition coefficient (Wildman–Crippen LogP) is -1.13. The Morgan fingerprint density at radius 2 is 1.82 bits per heavy atom. The van der Waals surface area contributed by atoms with E-state index in [1.54, 1.807) is 0 Å². The summed E-state index contributed by atoms with van der Waals surface area (Å²) in [7, 11) is 0. The fourth-order valence-corrected chi connectivity index (χ4v) is 0.516. The molecule has 6 nitrogen and oxygen atoms in total. The number of carboxylic acid groups (broad SMARTS) is 2. The van der Waals surface area contributed by atoms with Crippen molar-refractivity contribution >= 4 is 6.16 Å². The fourth-order valence-electron chi connectivity index (χ4n) is 0.516. The Hall–Kier alpha value is -0.850. The molecule has 1 heterocycles. The van der Waals surface area contributed by atoms with Gasteiger partial charge in [-0.15, -0.1) is 0 Å². The van der Waals surface area contributed by atoms with Gasteiger partial charge in [-0.3, -0.25) is 0 Å². The SMILES string of the molecule is C1COCCN1.O=C([O-])O.[NH4+]. The second-order valence-electron chi connectivity index (χ2n) is 1.63. The van der Waals surface area contributed by atoms with Crippen LogP contribution in [0.15, 0.2) is 0 Å². The first kappa shape index (κ1) is 12.8. The standard InChI is InChI=1S/C4H9NO.CH2O3.H3N/c1-3-6-4-2-5-1;2-1(3)4;/h5H,1-4H2;(H2,2,3,4);1H3. The molecule has 6 N–H and O–H groups in total. The third-order valence-electron chi connectivity index (χ3n) is 0.846. The van der Waals surface area contributed by atoms with Gasteiger partial charge in [0.25, 0.3) is 0 Å². The molecular weight excluding hydrogens is 152 g/mol. The minimum atomic E-state index is -2.08. The molecule has 0 unspecified atom stereocenters. The summed E-state index contributed by atoms with van der Waals surface area (Å²) >= 11 is 0. The normalized spacial score (nSPS) is 15.3. The number of ether oxygens (including phenoxy) is 1. The average Bonchev–Trinajstić information content (AvgIpc) is 1.90. The zero-order chi connectivity index (χ0) is 7.82. The zero-order valence-electron chi connectivity index (χ0n) is 6.50. The van der Waals surface area contributed by atoms with Crippen molar-refractivity contribution in [1.82, 2.24) is 11.5 Å². The second kappa shape index (κ2) is 9.15. The third-order valence-corrected chi connectivity index (χ3v) is 0.846. The van der Waals surface area contributed by atoms with Crippen LogP contribution in [-0.2, 0) is 4.74 Å². The molecule has 0 aromatic rings. The van der Waals surface area contributed by atoms with Gasteiger partial charge in [0.05, 0.1) is 13.2 Å². The van der Waals surface area contributed by atoms with Crippen LogP contribution in [0.3, 0.4) is 0 Å². The van der Waals surface area contributed by atoms with Gasteiger partial charge in [0.1, 0.15) is 0 Å². The molecule has 68 valence electrons. The molecule has 0 saturated carbocycles. The molecule has 1 aliphatic rings. The van der Waals surface area contributed by atoms with Crippen molar-refractivity contribution in [3.8, 4) is 0 Å². The summed E-state index contributed by atoms with van der Waals surface area (Å²) in [4.78, 5) is 8.44. The van der Waals surface area contributed by atoms with E-state index in [0.29, 0.717) is 0 Å². The molecular formula is C5H14N2O4. The number of nitrogens with one attached hydrogen (secondary N) is 1. The summed E-state index contributed by atoms with van der Waals surface area (Å²) < 4.78 is 5.01. The first-order chi connectivity index (χ1) is 4.73. The fraction of sp³-hybridized carbons (Fsp3) is 0.800. The lowest BCUT2D eigenvalue weighted by Crippen LogP contribution is -2.30. The molecule has 11 heavy (non-hydrogen) atoms. The lowest BCUT2D eigenvalue weighted by atomic mass is 10.5. The molecule has 1 rings (SSSR count). The molecule has 0 aliphatic carbocycles. The van der Waals surface area contributed by atoms with E-state index in [1.165, 1.54) is 0 Å². The van der Waals surface area contributed by atoms with Crippen molar-refractivity contribution in [1.29, 1.82) is 0 Å². The van der Waals surface area contributed by atoms with Crippen LogP contribution in [0.25, 0.3) is 0 Å². The van der Waals surface area contributed by atoms with Crippen molar-refractivity contribution in [3.05, 3.63) is 0 Å². The van der Waals surface area contributed by atoms with Crippen LogP contribution >= 0.6 is 0 Å². The van der Waals surface area contributed by atoms with E-state index < -0.39 is 6.16 Å². The third kappa shape index (κ3) is 17.6. The van der Waals surface area contributed by atoms with Gasteiger partial charge >= 0.3 is 0 Å². The Bertz CT molecular complexity index is 79.0. The minimum Gasteiger partial charge on any atom is -0.565 e. The Kier molecular flexibility index (Phi) is 10.6. The molecule has 1 fully saturated rings. The molecule has 6 heteroatoms. The maximum atomic E-state index is 8.44. The maximum absolute atomic E-state index is 8.44. The highest BCUT2D eigenvalue weighted by Gasteiger charge is 1.92. The molecule has 0 radical (unpaired) electrons. The second-order valence-corrected chi connectivity index (χ2v) is 1.63. The predicted molar refractivity (Wildman–Crippen MR) is 37.7 cm³/mol. The molecule has 0 spiro atoms. The van der Waals surface area contributed by atoms with E-state index in [2.05, 4.69) is 5.32 Å². The topological polar surface area (TPSA) is 118 Å². The average molecular weight is 166 g/mol. The monoisotopic (exact) mass is 166 g/mol. The van der Waals surface area contributed by atoms with E-state index in [-0.39, 0.29) is 6.15 Å². The van der Waals surface area contributed by atoms with Gasteiger partial charge in [-0.25, -0.2) is 0 Å². The van der Waals surface area contributed by atoms with Crippen molar-refractivity contribution in [3.63, 3.8) is 0 Å². The zero-order valence-corrected chi connectivity index (χ0v) is 6.50. The smallest absolute Gasteiger partial charge is 0.249 e. The van der Waals surface area contributed by atoms with Crippen molar-refractivity contribution in [2.75, 3.05) is 26.3 Å². The van der Waals surface area contributed by atoms with Gasteiger partial charge in [0.2, 0.25) is 6.16 Å². The van der Waals surface area contributed by atoms with Crippen molar-refractivity contribution in [2.45, 2.75) is 0 Å². The lowest BCUT2D eigenvalue weighted by molar-refractivity contribution is -0.275. The summed E-state index contributed by atoms with van der Waals surface area (Å²) in [5.41, 5.74) is 0. The number of hydrogen-bond acceptors (Lipinski definition) is 4. The number of morpholine rings is 1. The molecule has 0 aromatic heterocycles. The van der Waals surface area contributed by atoms with E-state index in [0.717, 1.165) is 26.3 Å². The van der Waals surface area contributed by atoms with Crippen LogP contribution in [0, 0.1) is 0 Å². The van der Waals surface area contributed by atoms with Gasteiger partial charge in [0, 0.05) is 13.1 Å². The van der Waals surface area contributed by atoms with Gasteiger partial charge in [-0.1, -0.05) is 0 Å². The number of carbonyl (C=O) groups is 1. The van der Waals surface area contributed by atoms with Gasteiger partial charge in [-0.05, 0) is 0 Å². The molecule has 0 aromatic carbocycles. The quantitative estimate of drug-likeness (QED) is 0.420. The van der Waals surface area contributed by atoms with Gasteiger partial charge in [-0.2, -0.15) is 0 Å². The summed E-state index contributed by atoms with van der Waals surface area (Å²) in [6, 6.07) is 0. The molecule has 0 bridgehead atoms. The Morgan fingerprint density at radius 3 is 1.91 bits per heavy atom. The van der Waals surface area contributed by atoms with E-state index in [9.17, 15) is 0 Å². The first-order valence-electron chi connectivity index (χ1n) is 2.92. The molecule has 0 atom stereocenters. The highest BCUT2D eigenvalue weighted by Crippen LogP contribution is 1.76. The molecule has 1 aliphatic heterocycles. The van der Waals surface area contributed by atoms with Crippen LogP contribution in [0.4, 0.5) is 4.79 Å². The highest BCUT2D eigenvalue weighted by molar-refractivity contribution is 5.50. The maximum Gasteiger partial charge on any atom is 0.249 e. The van der Waals surface area contributed by atoms with Crippen LogP contribution in [-0.4, -0.2) is 37.6 Å². The number of rotatable bonds is 0. The highest BCUT2D eigenvalue weighted by atomic mass is 16.6. The van der Waals surface area contributed by atoms with Crippen LogP contribution in [0.1, 0.15) is 0 Å². The molecule has 1 saturated heterocycles. The van der Waals surface area contributed by atoms with E-state index in [1.807, 2.05) is 0 Å². The van der Waals surface area contributed by atoms with Gasteiger partial charge < -0.3 is 31.2 Å². The summed E-state index contributed by atoms with van der Waals surface area (Å²) in [5.74, 6) is 0. The summed E-state index contributed by atoms with van der Waals surface area (Å²) in [6.07, 6.45) is -2.08. The lowest BCUT2D eigenvalue weighted by Gasteiger charge is -2.10. The summed E-state index contributed by atoms with van der Waals surface area (Å²) in [6.45, 7) is 3.83. The molecule has 0 amide bonds. The first-order valence-corrected chi connectivity index (χ1v) is 2.92. The van der Waals surface area contributed by atoms with E-state index >= 15 is 0 Å². The van der Waals surface area contributed by atoms with Gasteiger partial charge in [0.15, 0.2) is 0 Å². The minimum absolute atomic E-state index is 0. The number of hydrogen-bond donors (Lipinski definition) is 3. The summed E-state index contributed by atoms with van der Waals surface area (Å²) in [5, 5.41) is 18.5. The Labute approximate surface area is 64.7 Å². The Morgan fingerprint density at radius 1 is 1.45 bits per heavy atom. The van der Waals surface area contributed by atoms with Crippen molar-refractivity contribution in [2.24, 2.45) is 0 Å². The van der Waals surface area contributed by atoms with Crippen molar-refractivity contribution < 1.29 is 19.7 Å².